The summed E-state index contributed by atoms with van der Waals surface area (Å²) < 4.78 is 5.26. The lowest BCUT2D eigenvalue weighted by Crippen LogP contribution is -2.56. The molecule has 2 aromatic rings. The highest BCUT2D eigenvalue weighted by molar-refractivity contribution is 5.85. The van der Waals surface area contributed by atoms with Gasteiger partial charge in [0.15, 0.2) is 0 Å². The first-order valence-corrected chi connectivity index (χ1v) is 7.11. The van der Waals surface area contributed by atoms with Crippen molar-refractivity contribution >= 4 is 16.8 Å². The minimum Gasteiger partial charge on any atom is -0.382 e. The summed E-state index contributed by atoms with van der Waals surface area (Å²) in [6, 6.07) is 6.17. The second-order valence-electron chi connectivity index (χ2n) is 5.65. The van der Waals surface area contributed by atoms with Crippen molar-refractivity contribution in [3.05, 3.63) is 30.0 Å². The van der Waals surface area contributed by atoms with Gasteiger partial charge in [-0.05, 0) is 31.0 Å². The zero-order chi connectivity index (χ0) is 14.9. The van der Waals surface area contributed by atoms with Crippen LogP contribution in [-0.4, -0.2) is 46.8 Å². The van der Waals surface area contributed by atoms with Crippen molar-refractivity contribution in [3.63, 3.8) is 0 Å². The smallest absolute Gasteiger partial charge is 0.240 e. The lowest BCUT2D eigenvalue weighted by atomic mass is 9.95. The van der Waals surface area contributed by atoms with Crippen LogP contribution in [0.2, 0.25) is 0 Å². The number of hydrogen-bond donors (Lipinski definition) is 2. The lowest BCUT2D eigenvalue weighted by molar-refractivity contribution is -0.132. The second kappa shape index (κ2) is 5.46. The molecule has 0 saturated carbocycles. The zero-order valence-corrected chi connectivity index (χ0v) is 12.1. The molecule has 3 rings (SSSR count). The Bertz CT molecular complexity index is 654. The van der Waals surface area contributed by atoms with Gasteiger partial charge >= 0.3 is 0 Å². The maximum absolute atomic E-state index is 12.0. The van der Waals surface area contributed by atoms with Crippen LogP contribution in [0.1, 0.15) is 18.4 Å². The molecule has 1 fully saturated rings. The molecule has 1 aliphatic heterocycles. The quantitative estimate of drug-likeness (QED) is 0.860. The van der Waals surface area contributed by atoms with Crippen molar-refractivity contribution < 1.29 is 9.53 Å². The summed E-state index contributed by atoms with van der Waals surface area (Å²) in [5.74, 6) is -0.301. The van der Waals surface area contributed by atoms with E-state index in [1.165, 1.54) is 0 Å². The van der Waals surface area contributed by atoms with E-state index in [9.17, 15) is 4.79 Å². The molecule has 112 valence electrons. The number of hydrogen-bond acceptors (Lipinski definition) is 4. The minimum atomic E-state index is -0.683. The number of carbonyl (C=O) groups excluding carboxylic acids is 1. The van der Waals surface area contributed by atoms with Gasteiger partial charge in [-0.2, -0.15) is 5.10 Å². The number of benzene rings is 1. The number of methoxy groups -OCH3 is 1. The van der Waals surface area contributed by atoms with E-state index in [0.29, 0.717) is 13.2 Å². The van der Waals surface area contributed by atoms with Crippen molar-refractivity contribution in [2.24, 2.45) is 5.73 Å². The van der Waals surface area contributed by atoms with Crippen LogP contribution in [-0.2, 0) is 16.1 Å². The van der Waals surface area contributed by atoms with Crippen LogP contribution in [0.3, 0.4) is 0 Å². The van der Waals surface area contributed by atoms with Gasteiger partial charge in [0.25, 0.3) is 0 Å². The molecule has 6 nitrogen and oxygen atoms in total. The summed E-state index contributed by atoms with van der Waals surface area (Å²) >= 11 is 0. The van der Waals surface area contributed by atoms with Crippen LogP contribution < -0.4 is 5.73 Å². The van der Waals surface area contributed by atoms with Gasteiger partial charge in [-0.25, -0.2) is 0 Å². The highest BCUT2D eigenvalue weighted by Gasteiger charge is 2.46. The van der Waals surface area contributed by atoms with Crippen LogP contribution in [0.25, 0.3) is 10.9 Å². The van der Waals surface area contributed by atoms with E-state index in [0.717, 1.165) is 35.9 Å². The van der Waals surface area contributed by atoms with Crippen LogP contribution in [0.4, 0.5) is 0 Å². The normalized spacial score (nSPS) is 22.9. The Balaban J connectivity index is 1.86. The summed E-state index contributed by atoms with van der Waals surface area (Å²) in [6.07, 6.45) is 3.51. The highest BCUT2D eigenvalue weighted by Crippen LogP contribution is 2.31. The number of primary amides is 1. The summed E-state index contributed by atoms with van der Waals surface area (Å²) in [6.45, 7) is 1.88. The van der Waals surface area contributed by atoms with Crippen molar-refractivity contribution in [2.75, 3.05) is 20.3 Å². The average Bonchev–Trinajstić information content (AvgIpc) is 3.07. The first-order chi connectivity index (χ1) is 10.2. The van der Waals surface area contributed by atoms with Crippen LogP contribution >= 0.6 is 0 Å². The zero-order valence-electron chi connectivity index (χ0n) is 12.1. The molecule has 3 N–H and O–H groups in total. The van der Waals surface area contributed by atoms with Crippen molar-refractivity contribution in [1.29, 1.82) is 0 Å². The Kier molecular flexibility index (Phi) is 3.65. The number of aromatic amines is 1. The van der Waals surface area contributed by atoms with E-state index >= 15 is 0 Å². The van der Waals surface area contributed by atoms with Gasteiger partial charge in [-0.3, -0.25) is 14.8 Å². The predicted octanol–water partition coefficient (Wildman–Crippen LogP) is 1.03. The Labute approximate surface area is 123 Å². The number of ether oxygens (including phenoxy) is 1. The maximum Gasteiger partial charge on any atom is 0.240 e. The molecule has 1 unspecified atom stereocenters. The number of rotatable bonds is 5. The fourth-order valence-electron chi connectivity index (χ4n) is 3.22. The first-order valence-electron chi connectivity index (χ1n) is 7.11. The molecule has 6 heteroatoms. The molecular formula is C15H20N4O2. The summed E-state index contributed by atoms with van der Waals surface area (Å²) in [4.78, 5) is 14.1. The summed E-state index contributed by atoms with van der Waals surface area (Å²) in [5.41, 5.74) is 7.11. The van der Waals surface area contributed by atoms with Crippen molar-refractivity contribution in [2.45, 2.75) is 24.9 Å². The molecule has 1 amide bonds. The van der Waals surface area contributed by atoms with Gasteiger partial charge in [-0.1, -0.05) is 12.1 Å². The highest BCUT2D eigenvalue weighted by atomic mass is 16.5. The molecule has 21 heavy (non-hydrogen) atoms. The van der Waals surface area contributed by atoms with E-state index < -0.39 is 5.54 Å². The largest absolute Gasteiger partial charge is 0.382 e. The third-order valence-corrected chi connectivity index (χ3v) is 4.35. The first kappa shape index (κ1) is 14.0. The van der Waals surface area contributed by atoms with Gasteiger partial charge in [0, 0.05) is 19.0 Å². The van der Waals surface area contributed by atoms with E-state index in [1.54, 1.807) is 13.3 Å². The van der Waals surface area contributed by atoms with E-state index in [4.69, 9.17) is 10.5 Å². The van der Waals surface area contributed by atoms with Gasteiger partial charge in [0.1, 0.15) is 5.54 Å². The third kappa shape index (κ3) is 2.41. The number of amides is 1. The van der Waals surface area contributed by atoms with Crippen molar-refractivity contribution in [3.8, 4) is 0 Å². The molecule has 1 aromatic carbocycles. The van der Waals surface area contributed by atoms with Gasteiger partial charge in [0.2, 0.25) is 5.91 Å². The van der Waals surface area contributed by atoms with Gasteiger partial charge in [0.05, 0.1) is 18.3 Å². The average molecular weight is 288 g/mol. The molecule has 2 heterocycles. The molecule has 0 bridgehead atoms. The monoisotopic (exact) mass is 288 g/mol. The topological polar surface area (TPSA) is 84.2 Å². The molecule has 1 atom stereocenters. The number of nitrogens with one attached hydrogen (secondary N) is 1. The van der Waals surface area contributed by atoms with Crippen LogP contribution in [0.5, 0.6) is 0 Å². The molecule has 0 radical (unpaired) electrons. The standard InChI is InChI=1S/C15H20N4O2/c1-21-10-15(14(16)20)5-2-6-19(15)9-11-3-4-12-8-17-18-13(12)7-11/h3-4,7-8H,2,5-6,9-10H2,1H3,(H2,16,20)(H,17,18). The Morgan fingerprint density at radius 3 is 3.19 bits per heavy atom. The Morgan fingerprint density at radius 1 is 1.57 bits per heavy atom. The number of aromatic nitrogens is 2. The number of nitrogens with two attached hydrogens (primary N) is 1. The summed E-state index contributed by atoms with van der Waals surface area (Å²) in [7, 11) is 1.61. The SMILES string of the molecule is COCC1(C(N)=O)CCCN1Cc1ccc2cn[nH]c2c1. The van der Waals surface area contributed by atoms with Gasteiger partial charge in [-0.15, -0.1) is 0 Å². The molecule has 1 saturated heterocycles. The second-order valence-corrected chi connectivity index (χ2v) is 5.65. The van der Waals surface area contributed by atoms with Crippen LogP contribution in [0, 0.1) is 0 Å². The van der Waals surface area contributed by atoms with E-state index in [-0.39, 0.29) is 5.91 Å². The fourth-order valence-corrected chi connectivity index (χ4v) is 3.22. The number of likely N-dealkylation sites (tertiary alicyclic amines) is 1. The summed E-state index contributed by atoms with van der Waals surface area (Å²) in [5, 5.41) is 8.08. The molecular weight excluding hydrogens is 268 g/mol. The van der Waals surface area contributed by atoms with E-state index in [2.05, 4.69) is 27.2 Å². The predicted molar refractivity (Wildman–Crippen MR) is 79.5 cm³/mol. The van der Waals surface area contributed by atoms with Crippen LogP contribution in [0.15, 0.2) is 24.4 Å². The Hall–Kier alpha value is -1.92. The number of H-pyrrole nitrogens is 1. The maximum atomic E-state index is 12.0. The minimum absolute atomic E-state index is 0.301. The molecule has 0 aliphatic carbocycles. The molecule has 1 aliphatic rings. The number of carbonyl (C=O) groups is 1. The lowest BCUT2D eigenvalue weighted by Gasteiger charge is -2.35. The Morgan fingerprint density at radius 2 is 2.43 bits per heavy atom. The van der Waals surface area contributed by atoms with E-state index in [1.807, 2.05) is 6.07 Å². The van der Waals surface area contributed by atoms with Gasteiger partial charge < -0.3 is 10.5 Å². The number of nitrogens with zero attached hydrogens (tertiary/aromatic N) is 2. The molecule has 0 spiro atoms. The van der Waals surface area contributed by atoms with Crippen molar-refractivity contribution in [1.82, 2.24) is 15.1 Å². The third-order valence-electron chi connectivity index (χ3n) is 4.35. The number of fused-ring (bicyclic) bond motifs is 1. The molecule has 1 aromatic heterocycles. The fraction of sp³-hybridized carbons (Fsp3) is 0.467.